The maximum atomic E-state index is 13.0. The van der Waals surface area contributed by atoms with Gasteiger partial charge in [-0.25, -0.2) is 4.79 Å². The molecule has 0 aliphatic rings. The maximum Gasteiger partial charge on any atom is 0.343 e. The van der Waals surface area contributed by atoms with Gasteiger partial charge in [0.25, 0.3) is 0 Å². The molecule has 0 fully saturated rings. The molecule has 0 aliphatic heterocycles. The van der Waals surface area contributed by atoms with Gasteiger partial charge in [-0.05, 0) is 43.7 Å². The average molecular weight is 384 g/mol. The lowest BCUT2D eigenvalue weighted by Crippen LogP contribution is -2.20. The van der Waals surface area contributed by atoms with Crippen LogP contribution in [0.3, 0.4) is 0 Å². The van der Waals surface area contributed by atoms with Crippen LogP contribution >= 0.6 is 11.3 Å². The maximum absolute atomic E-state index is 13.0. The third-order valence-electron chi connectivity index (χ3n) is 4.28. The Labute approximate surface area is 160 Å². The summed E-state index contributed by atoms with van der Waals surface area (Å²) in [4.78, 5) is 26.8. The summed E-state index contributed by atoms with van der Waals surface area (Å²) in [7, 11) is 1.60. The van der Waals surface area contributed by atoms with Crippen LogP contribution < -0.4 is 10.2 Å². The summed E-state index contributed by atoms with van der Waals surface area (Å²) in [5.41, 5.74) is 0.991. The van der Waals surface area contributed by atoms with Gasteiger partial charge in [0.2, 0.25) is 5.43 Å². The van der Waals surface area contributed by atoms with Crippen LogP contribution in [0.5, 0.6) is 5.75 Å². The van der Waals surface area contributed by atoms with Crippen molar-refractivity contribution in [3.8, 4) is 16.2 Å². The Kier molecular flexibility index (Phi) is 5.41. The highest BCUT2D eigenvalue weighted by Gasteiger charge is 2.22. The molecular weight excluding hydrogens is 364 g/mol. The minimum atomic E-state index is -0.639. The number of aryl methyl sites for hydroxylation is 1. The smallest absolute Gasteiger partial charge is 0.343 e. The number of rotatable bonds is 6. The van der Waals surface area contributed by atoms with Crippen LogP contribution in [0, 0.1) is 5.41 Å². The van der Waals surface area contributed by atoms with Crippen molar-refractivity contribution in [3.05, 3.63) is 51.8 Å². The number of fused-ring (bicyclic) bond motifs is 1. The van der Waals surface area contributed by atoms with Gasteiger partial charge in [-0.2, -0.15) is 0 Å². The predicted molar refractivity (Wildman–Crippen MR) is 108 cm³/mol. The van der Waals surface area contributed by atoms with Crippen molar-refractivity contribution < 1.29 is 14.3 Å². The van der Waals surface area contributed by atoms with E-state index in [0.717, 1.165) is 21.0 Å². The summed E-state index contributed by atoms with van der Waals surface area (Å²) in [6, 6.07) is 7.46. The SMILES string of the molecule is CCOC(=O)c1cn(CC)c2sc(-c3ccc(OC)cc3)c(C=N)c2c1=O. The van der Waals surface area contributed by atoms with Gasteiger partial charge in [0.15, 0.2) is 0 Å². The number of nitrogens with zero attached hydrogens (tertiary/aromatic N) is 1. The topological polar surface area (TPSA) is 81.4 Å². The quantitative estimate of drug-likeness (QED) is 0.516. The van der Waals surface area contributed by atoms with Gasteiger partial charge in [0.1, 0.15) is 16.1 Å². The molecule has 2 aromatic heterocycles. The van der Waals surface area contributed by atoms with Crippen LogP contribution in [0.1, 0.15) is 29.8 Å². The van der Waals surface area contributed by atoms with Gasteiger partial charge >= 0.3 is 5.97 Å². The first kappa shape index (κ1) is 18.8. The first-order chi connectivity index (χ1) is 13.0. The van der Waals surface area contributed by atoms with Crippen LogP contribution in [-0.4, -0.2) is 30.5 Å². The highest BCUT2D eigenvalue weighted by Crippen LogP contribution is 2.37. The van der Waals surface area contributed by atoms with Crippen LogP contribution in [0.4, 0.5) is 0 Å². The monoisotopic (exact) mass is 384 g/mol. The second-order valence-corrected chi connectivity index (χ2v) is 6.78. The lowest BCUT2D eigenvalue weighted by Gasteiger charge is -2.08. The highest BCUT2D eigenvalue weighted by molar-refractivity contribution is 7.22. The zero-order valence-electron chi connectivity index (χ0n) is 15.4. The normalized spacial score (nSPS) is 10.8. The Hall–Kier alpha value is -2.93. The van der Waals surface area contributed by atoms with E-state index in [0.29, 0.717) is 17.5 Å². The molecule has 7 heteroatoms. The van der Waals surface area contributed by atoms with Gasteiger partial charge in [0.05, 0.1) is 19.1 Å². The number of pyridine rings is 1. The lowest BCUT2D eigenvalue weighted by atomic mass is 10.1. The van der Waals surface area contributed by atoms with Crippen molar-refractivity contribution in [3.63, 3.8) is 0 Å². The highest BCUT2D eigenvalue weighted by atomic mass is 32.1. The number of nitrogens with one attached hydrogen (secondary N) is 1. The molecule has 1 N–H and O–H groups in total. The molecule has 140 valence electrons. The fraction of sp³-hybridized carbons (Fsp3) is 0.250. The van der Waals surface area contributed by atoms with E-state index in [2.05, 4.69) is 0 Å². The van der Waals surface area contributed by atoms with E-state index in [1.54, 1.807) is 20.2 Å². The molecular formula is C20H20N2O4S. The van der Waals surface area contributed by atoms with Crippen molar-refractivity contribution >= 4 is 33.7 Å². The van der Waals surface area contributed by atoms with Crippen LogP contribution in [-0.2, 0) is 11.3 Å². The van der Waals surface area contributed by atoms with E-state index in [1.807, 2.05) is 35.8 Å². The Bertz CT molecular complexity index is 1060. The number of hydrogen-bond donors (Lipinski definition) is 1. The van der Waals surface area contributed by atoms with Gasteiger partial charge < -0.3 is 19.5 Å². The number of thiophene rings is 1. The van der Waals surface area contributed by atoms with Crippen molar-refractivity contribution in [1.29, 1.82) is 5.41 Å². The summed E-state index contributed by atoms with van der Waals surface area (Å²) in [6.07, 6.45) is 2.72. The van der Waals surface area contributed by atoms with Gasteiger partial charge in [-0.1, -0.05) is 0 Å². The van der Waals surface area contributed by atoms with E-state index in [1.165, 1.54) is 17.6 Å². The molecule has 1 aromatic carbocycles. The Morgan fingerprint density at radius 2 is 1.96 bits per heavy atom. The summed E-state index contributed by atoms with van der Waals surface area (Å²) < 4.78 is 12.1. The third kappa shape index (κ3) is 3.26. The average Bonchev–Trinajstić information content (AvgIpc) is 3.08. The first-order valence-corrected chi connectivity index (χ1v) is 9.39. The molecule has 0 saturated carbocycles. The van der Waals surface area contributed by atoms with E-state index < -0.39 is 11.4 Å². The Balaban J connectivity index is 2.31. The minimum Gasteiger partial charge on any atom is -0.497 e. The molecule has 2 heterocycles. The number of methoxy groups -OCH3 is 1. The molecule has 27 heavy (non-hydrogen) atoms. The summed E-state index contributed by atoms with van der Waals surface area (Å²) in [5, 5.41) is 8.27. The number of hydrogen-bond acceptors (Lipinski definition) is 6. The number of carbonyl (C=O) groups is 1. The second kappa shape index (κ2) is 7.75. The van der Waals surface area contributed by atoms with E-state index in [4.69, 9.17) is 14.9 Å². The molecule has 0 unspecified atom stereocenters. The molecule has 0 saturated heterocycles. The largest absolute Gasteiger partial charge is 0.497 e. The van der Waals surface area contributed by atoms with Crippen LogP contribution in [0.15, 0.2) is 35.3 Å². The number of benzene rings is 1. The van der Waals surface area contributed by atoms with Crippen molar-refractivity contribution in [2.45, 2.75) is 20.4 Å². The summed E-state index contributed by atoms with van der Waals surface area (Å²) in [6.45, 7) is 4.42. The third-order valence-corrected chi connectivity index (χ3v) is 5.57. The van der Waals surface area contributed by atoms with Crippen LogP contribution in [0.2, 0.25) is 0 Å². The predicted octanol–water partition coefficient (Wildman–Crippen LogP) is 3.93. The minimum absolute atomic E-state index is 0.00613. The van der Waals surface area contributed by atoms with Crippen molar-refractivity contribution in [2.75, 3.05) is 13.7 Å². The molecule has 0 aliphatic carbocycles. The summed E-state index contributed by atoms with van der Waals surface area (Å²) >= 11 is 1.43. The van der Waals surface area contributed by atoms with E-state index >= 15 is 0 Å². The molecule has 0 bridgehead atoms. The van der Waals surface area contributed by atoms with Gasteiger partial charge in [0, 0.05) is 29.4 Å². The Morgan fingerprint density at radius 3 is 2.52 bits per heavy atom. The zero-order chi connectivity index (χ0) is 19.6. The number of esters is 1. The van der Waals surface area contributed by atoms with E-state index in [9.17, 15) is 9.59 Å². The zero-order valence-corrected chi connectivity index (χ0v) is 16.2. The number of carbonyl (C=O) groups excluding carboxylic acids is 1. The standard InChI is InChI=1S/C20H20N2O4S/c1-4-22-11-15(20(24)26-5-2)17(23)16-14(10-21)18(27-19(16)22)12-6-8-13(25-3)9-7-12/h6-11,21H,4-5H2,1-3H3. The number of ether oxygens (including phenoxy) is 2. The number of aromatic nitrogens is 1. The molecule has 0 spiro atoms. The second-order valence-electron chi connectivity index (χ2n) is 5.78. The van der Waals surface area contributed by atoms with Crippen LogP contribution in [0.25, 0.3) is 20.7 Å². The first-order valence-electron chi connectivity index (χ1n) is 8.57. The molecule has 6 nitrogen and oxygen atoms in total. The molecule has 0 amide bonds. The van der Waals surface area contributed by atoms with E-state index in [-0.39, 0.29) is 12.2 Å². The summed E-state index contributed by atoms with van der Waals surface area (Å²) in [5.74, 6) is 0.0914. The van der Waals surface area contributed by atoms with Crippen molar-refractivity contribution in [2.24, 2.45) is 0 Å². The van der Waals surface area contributed by atoms with Gasteiger partial charge in [-0.15, -0.1) is 11.3 Å². The van der Waals surface area contributed by atoms with Gasteiger partial charge in [-0.3, -0.25) is 4.79 Å². The Morgan fingerprint density at radius 1 is 1.26 bits per heavy atom. The lowest BCUT2D eigenvalue weighted by molar-refractivity contribution is 0.0524. The fourth-order valence-corrected chi connectivity index (χ4v) is 4.27. The molecule has 0 radical (unpaired) electrons. The molecule has 0 atom stereocenters. The molecule has 3 aromatic rings. The fourth-order valence-electron chi connectivity index (χ4n) is 2.94. The molecule has 3 rings (SSSR count). The van der Waals surface area contributed by atoms with Crippen molar-refractivity contribution in [1.82, 2.24) is 4.57 Å².